The second-order valence-corrected chi connectivity index (χ2v) is 5.18. The molecular weight excluding hydrogens is 226 g/mol. The third kappa shape index (κ3) is 3.84. The van der Waals surface area contributed by atoms with Gasteiger partial charge in [-0.25, -0.2) is 4.79 Å². The van der Waals surface area contributed by atoms with Crippen LogP contribution in [0.4, 0.5) is 0 Å². The standard InChI is InChI=1S/C15H23NO2/c1-11(2)12(3)16(4)10-9-13-7-5-6-8-14(13)15(17)18/h5-8,11-12H,9-10H2,1-4H3,(H,17,18). The minimum absolute atomic E-state index is 0.420. The van der Waals surface area contributed by atoms with Gasteiger partial charge in [0.25, 0.3) is 0 Å². The second kappa shape index (κ2) is 6.55. The molecule has 1 N–H and O–H groups in total. The minimum atomic E-state index is -0.842. The van der Waals surface area contributed by atoms with Crippen LogP contribution in [0.15, 0.2) is 24.3 Å². The van der Waals surface area contributed by atoms with Gasteiger partial charge in [-0.2, -0.15) is 0 Å². The lowest BCUT2D eigenvalue weighted by molar-refractivity contribution is 0.0695. The molecule has 0 aliphatic rings. The van der Waals surface area contributed by atoms with E-state index in [9.17, 15) is 4.79 Å². The first-order valence-electron chi connectivity index (χ1n) is 6.45. The zero-order valence-electron chi connectivity index (χ0n) is 11.7. The Morgan fingerprint density at radius 2 is 1.89 bits per heavy atom. The molecule has 1 aromatic carbocycles. The van der Waals surface area contributed by atoms with Crippen LogP contribution in [0.2, 0.25) is 0 Å². The summed E-state index contributed by atoms with van der Waals surface area (Å²) in [7, 11) is 2.09. The van der Waals surface area contributed by atoms with Crippen molar-refractivity contribution in [3.05, 3.63) is 35.4 Å². The first-order chi connectivity index (χ1) is 8.43. The van der Waals surface area contributed by atoms with Gasteiger partial charge < -0.3 is 10.0 Å². The van der Waals surface area contributed by atoms with Crippen molar-refractivity contribution >= 4 is 5.97 Å². The summed E-state index contributed by atoms with van der Waals surface area (Å²) in [6.07, 6.45) is 0.774. The Balaban J connectivity index is 2.66. The largest absolute Gasteiger partial charge is 0.478 e. The first-order valence-corrected chi connectivity index (χ1v) is 6.45. The van der Waals surface area contributed by atoms with E-state index in [4.69, 9.17) is 5.11 Å². The lowest BCUT2D eigenvalue weighted by Gasteiger charge is -2.27. The fourth-order valence-corrected chi connectivity index (χ4v) is 1.96. The molecule has 0 bridgehead atoms. The average Bonchev–Trinajstić information content (AvgIpc) is 2.35. The van der Waals surface area contributed by atoms with E-state index < -0.39 is 5.97 Å². The molecule has 1 rings (SSSR count). The number of carbonyl (C=O) groups is 1. The molecule has 0 aromatic heterocycles. The monoisotopic (exact) mass is 249 g/mol. The van der Waals surface area contributed by atoms with E-state index in [0.717, 1.165) is 18.5 Å². The van der Waals surface area contributed by atoms with Gasteiger partial charge in [0.1, 0.15) is 0 Å². The molecule has 0 aliphatic carbocycles. The number of benzene rings is 1. The van der Waals surface area contributed by atoms with Crippen LogP contribution in [0, 0.1) is 5.92 Å². The molecule has 18 heavy (non-hydrogen) atoms. The maximum absolute atomic E-state index is 11.1. The van der Waals surface area contributed by atoms with E-state index in [1.165, 1.54) is 0 Å². The Morgan fingerprint density at radius 1 is 1.28 bits per heavy atom. The maximum atomic E-state index is 11.1. The third-order valence-electron chi connectivity index (χ3n) is 3.64. The molecule has 1 unspecified atom stereocenters. The van der Waals surface area contributed by atoms with Crippen LogP contribution < -0.4 is 0 Å². The molecular formula is C15H23NO2. The zero-order chi connectivity index (χ0) is 13.7. The van der Waals surface area contributed by atoms with Crippen LogP contribution in [-0.4, -0.2) is 35.6 Å². The van der Waals surface area contributed by atoms with Gasteiger partial charge in [-0.15, -0.1) is 0 Å². The summed E-state index contributed by atoms with van der Waals surface area (Å²) in [5.74, 6) is -0.241. The Bertz CT molecular complexity index is 401. The van der Waals surface area contributed by atoms with Crippen molar-refractivity contribution in [2.75, 3.05) is 13.6 Å². The first kappa shape index (κ1) is 14.7. The molecule has 0 radical (unpaired) electrons. The molecule has 0 saturated heterocycles. The van der Waals surface area contributed by atoms with Crippen molar-refractivity contribution in [2.24, 2.45) is 5.92 Å². The molecule has 1 atom stereocenters. The highest BCUT2D eigenvalue weighted by atomic mass is 16.4. The summed E-state index contributed by atoms with van der Waals surface area (Å²) >= 11 is 0. The van der Waals surface area contributed by atoms with E-state index in [1.807, 2.05) is 12.1 Å². The van der Waals surface area contributed by atoms with Crippen LogP contribution in [0.1, 0.15) is 36.7 Å². The molecule has 1 aromatic rings. The third-order valence-corrected chi connectivity index (χ3v) is 3.64. The predicted octanol–water partition coefficient (Wildman–Crippen LogP) is 2.90. The van der Waals surface area contributed by atoms with Gasteiger partial charge in [-0.05, 0) is 37.9 Å². The molecule has 3 heteroatoms. The van der Waals surface area contributed by atoms with E-state index in [0.29, 0.717) is 17.5 Å². The highest BCUT2D eigenvalue weighted by molar-refractivity contribution is 5.89. The normalized spacial score (nSPS) is 13.0. The Kier molecular flexibility index (Phi) is 5.35. The highest BCUT2D eigenvalue weighted by Gasteiger charge is 2.14. The summed E-state index contributed by atoms with van der Waals surface area (Å²) < 4.78 is 0. The van der Waals surface area contributed by atoms with Crippen molar-refractivity contribution in [1.29, 1.82) is 0 Å². The van der Waals surface area contributed by atoms with E-state index >= 15 is 0 Å². The number of carboxylic acids is 1. The van der Waals surface area contributed by atoms with Crippen molar-refractivity contribution in [3.63, 3.8) is 0 Å². The molecule has 3 nitrogen and oxygen atoms in total. The molecule has 0 fully saturated rings. The van der Waals surface area contributed by atoms with Gasteiger partial charge in [0.2, 0.25) is 0 Å². The fourth-order valence-electron chi connectivity index (χ4n) is 1.96. The Labute approximate surface area is 109 Å². The Hall–Kier alpha value is -1.35. The second-order valence-electron chi connectivity index (χ2n) is 5.18. The van der Waals surface area contributed by atoms with E-state index in [-0.39, 0.29) is 0 Å². The minimum Gasteiger partial charge on any atom is -0.478 e. The number of aromatic carboxylic acids is 1. The zero-order valence-corrected chi connectivity index (χ0v) is 11.7. The quantitative estimate of drug-likeness (QED) is 0.842. The van der Waals surface area contributed by atoms with Crippen molar-refractivity contribution < 1.29 is 9.90 Å². The van der Waals surface area contributed by atoms with Crippen molar-refractivity contribution in [2.45, 2.75) is 33.2 Å². The predicted molar refractivity (Wildman–Crippen MR) is 74.0 cm³/mol. The van der Waals surface area contributed by atoms with Crippen LogP contribution in [0.5, 0.6) is 0 Å². The molecule has 100 valence electrons. The summed E-state index contributed by atoms with van der Waals surface area (Å²) in [6, 6.07) is 7.74. The number of hydrogen-bond acceptors (Lipinski definition) is 2. The van der Waals surface area contributed by atoms with E-state index in [1.54, 1.807) is 12.1 Å². The topological polar surface area (TPSA) is 40.5 Å². The van der Waals surface area contributed by atoms with Crippen molar-refractivity contribution in [3.8, 4) is 0 Å². The van der Waals surface area contributed by atoms with Crippen LogP contribution in [0.25, 0.3) is 0 Å². The molecule has 0 spiro atoms. The van der Waals surface area contributed by atoms with Gasteiger partial charge in [-0.3, -0.25) is 0 Å². The average molecular weight is 249 g/mol. The summed E-state index contributed by atoms with van der Waals surface area (Å²) in [4.78, 5) is 13.4. The summed E-state index contributed by atoms with van der Waals surface area (Å²) in [6.45, 7) is 7.48. The van der Waals surface area contributed by atoms with Gasteiger partial charge in [0.05, 0.1) is 5.56 Å². The van der Waals surface area contributed by atoms with Crippen LogP contribution in [0.3, 0.4) is 0 Å². The van der Waals surface area contributed by atoms with Crippen molar-refractivity contribution in [1.82, 2.24) is 4.90 Å². The summed E-state index contributed by atoms with van der Waals surface area (Å²) in [5, 5.41) is 9.11. The molecule has 0 saturated carbocycles. The highest BCUT2D eigenvalue weighted by Crippen LogP contribution is 2.12. The molecule has 0 amide bonds. The molecule has 0 aliphatic heterocycles. The molecule has 0 heterocycles. The van der Waals surface area contributed by atoms with Gasteiger partial charge >= 0.3 is 5.97 Å². The smallest absolute Gasteiger partial charge is 0.335 e. The maximum Gasteiger partial charge on any atom is 0.335 e. The van der Waals surface area contributed by atoms with Crippen LogP contribution >= 0.6 is 0 Å². The van der Waals surface area contributed by atoms with Crippen LogP contribution in [-0.2, 0) is 6.42 Å². The lowest BCUT2D eigenvalue weighted by Crippen LogP contribution is -2.34. The fraction of sp³-hybridized carbons (Fsp3) is 0.533. The SMILES string of the molecule is CC(C)C(C)N(C)CCc1ccccc1C(=O)O. The van der Waals surface area contributed by atoms with Gasteiger partial charge in [0.15, 0.2) is 0 Å². The van der Waals surface area contributed by atoms with Gasteiger partial charge in [0, 0.05) is 12.6 Å². The lowest BCUT2D eigenvalue weighted by atomic mass is 10.0. The Morgan fingerprint density at radius 3 is 2.44 bits per heavy atom. The number of rotatable bonds is 6. The van der Waals surface area contributed by atoms with E-state index in [2.05, 4.69) is 32.7 Å². The summed E-state index contributed by atoms with van der Waals surface area (Å²) in [5.41, 5.74) is 1.33. The van der Waals surface area contributed by atoms with Gasteiger partial charge in [-0.1, -0.05) is 32.0 Å². The number of nitrogens with zero attached hydrogens (tertiary/aromatic N) is 1. The number of carboxylic acid groups (broad SMARTS) is 1. The number of likely N-dealkylation sites (N-methyl/N-ethyl adjacent to an activating group) is 1. The number of hydrogen-bond donors (Lipinski definition) is 1.